The average molecular weight is 371 g/mol. The van der Waals surface area contributed by atoms with E-state index in [2.05, 4.69) is 4.90 Å². The van der Waals surface area contributed by atoms with E-state index in [1.54, 1.807) is 13.0 Å². The molecule has 2 aliphatic heterocycles. The second kappa shape index (κ2) is 7.21. The average Bonchev–Trinajstić information content (AvgIpc) is 3.30. The fraction of sp³-hybridized carbons (Fsp3) is 0.400. The van der Waals surface area contributed by atoms with Crippen molar-refractivity contribution in [2.75, 3.05) is 19.9 Å². The zero-order chi connectivity index (χ0) is 18.1. The van der Waals surface area contributed by atoms with Crippen molar-refractivity contribution in [1.29, 1.82) is 0 Å². The number of ether oxygens (including phenoxy) is 2. The zero-order valence-corrected chi connectivity index (χ0v) is 15.5. The van der Waals surface area contributed by atoms with Gasteiger partial charge in [0.2, 0.25) is 6.79 Å². The van der Waals surface area contributed by atoms with Crippen LogP contribution >= 0.6 is 11.3 Å². The highest BCUT2D eigenvalue weighted by Crippen LogP contribution is 2.34. The third-order valence-corrected chi connectivity index (χ3v) is 6.02. The maximum absolute atomic E-state index is 12.9. The summed E-state index contributed by atoms with van der Waals surface area (Å²) in [4.78, 5) is 27.5. The fourth-order valence-corrected chi connectivity index (χ4v) is 4.41. The maximum atomic E-state index is 12.9. The molecule has 1 aromatic heterocycles. The molecule has 26 heavy (non-hydrogen) atoms. The lowest BCUT2D eigenvalue weighted by Gasteiger charge is -2.31. The molecular weight excluding hydrogens is 350 g/mol. The van der Waals surface area contributed by atoms with Gasteiger partial charge in [0.25, 0.3) is 0 Å². The maximum Gasteiger partial charge on any atom is 0.231 e. The van der Waals surface area contributed by atoms with Crippen LogP contribution in [0, 0.1) is 5.92 Å². The van der Waals surface area contributed by atoms with E-state index in [0.29, 0.717) is 17.1 Å². The predicted molar refractivity (Wildman–Crippen MR) is 99.2 cm³/mol. The molecule has 2 aliphatic rings. The van der Waals surface area contributed by atoms with Crippen LogP contribution in [-0.4, -0.2) is 36.3 Å². The Hall–Kier alpha value is -2.18. The lowest BCUT2D eigenvalue weighted by atomic mass is 9.89. The van der Waals surface area contributed by atoms with Crippen molar-refractivity contribution < 1.29 is 19.1 Å². The summed E-state index contributed by atoms with van der Waals surface area (Å²) in [5.74, 6) is 1.62. The number of piperidine rings is 1. The molecule has 1 atom stereocenters. The van der Waals surface area contributed by atoms with Gasteiger partial charge in [0.05, 0.1) is 4.88 Å². The van der Waals surface area contributed by atoms with Crippen molar-refractivity contribution in [3.8, 4) is 11.5 Å². The molecule has 0 spiro atoms. The third kappa shape index (κ3) is 3.52. The molecule has 0 aliphatic carbocycles. The minimum atomic E-state index is -0.00460. The molecule has 0 radical (unpaired) electrons. The number of hydrogen-bond acceptors (Lipinski definition) is 6. The van der Waals surface area contributed by atoms with E-state index in [9.17, 15) is 9.59 Å². The molecule has 0 saturated carbocycles. The Morgan fingerprint density at radius 3 is 2.88 bits per heavy atom. The van der Waals surface area contributed by atoms with E-state index in [0.717, 1.165) is 42.9 Å². The molecule has 6 heteroatoms. The van der Waals surface area contributed by atoms with Crippen LogP contribution in [0.5, 0.6) is 11.5 Å². The van der Waals surface area contributed by atoms with Gasteiger partial charge in [-0.25, -0.2) is 0 Å². The molecule has 0 N–H and O–H groups in total. The van der Waals surface area contributed by atoms with Gasteiger partial charge in [-0.3, -0.25) is 14.5 Å². The highest BCUT2D eigenvalue weighted by molar-refractivity contribution is 7.12. The van der Waals surface area contributed by atoms with Crippen LogP contribution in [-0.2, 0) is 6.54 Å². The molecule has 1 unspecified atom stereocenters. The number of carbonyl (C=O) groups is 2. The van der Waals surface area contributed by atoms with Crippen molar-refractivity contribution in [1.82, 2.24) is 4.90 Å². The van der Waals surface area contributed by atoms with Crippen molar-refractivity contribution in [2.45, 2.75) is 26.3 Å². The number of ketones is 2. The molecule has 1 saturated heterocycles. The van der Waals surface area contributed by atoms with Gasteiger partial charge in [0.15, 0.2) is 23.1 Å². The largest absolute Gasteiger partial charge is 0.454 e. The smallest absolute Gasteiger partial charge is 0.231 e. The summed E-state index contributed by atoms with van der Waals surface area (Å²) >= 11 is 1.49. The molecule has 4 rings (SSSR count). The number of likely N-dealkylation sites (tertiary alicyclic amines) is 1. The normalized spacial score (nSPS) is 19.5. The third-order valence-electron chi connectivity index (χ3n) is 4.94. The first kappa shape index (κ1) is 17.2. The van der Waals surface area contributed by atoms with Gasteiger partial charge in [0, 0.05) is 24.6 Å². The fourth-order valence-electron chi connectivity index (χ4n) is 3.60. The van der Waals surface area contributed by atoms with Gasteiger partial charge >= 0.3 is 0 Å². The van der Waals surface area contributed by atoms with Crippen molar-refractivity contribution in [2.24, 2.45) is 5.92 Å². The summed E-state index contributed by atoms with van der Waals surface area (Å²) in [6, 6.07) is 7.40. The van der Waals surface area contributed by atoms with Gasteiger partial charge in [-0.2, -0.15) is 0 Å². The Kier molecular flexibility index (Phi) is 4.78. The van der Waals surface area contributed by atoms with Crippen LogP contribution in [0.25, 0.3) is 0 Å². The van der Waals surface area contributed by atoms with E-state index in [1.807, 2.05) is 23.6 Å². The number of benzene rings is 1. The van der Waals surface area contributed by atoms with E-state index < -0.39 is 0 Å². The standard InChI is InChI=1S/C20H21NO4S/c1-13(22)19-7-14(11-26-19)9-21-6-2-3-16(10-21)20(23)15-4-5-17-18(8-15)25-12-24-17/h4-5,7-8,11,16H,2-3,6,9-10,12H2,1H3. The van der Waals surface area contributed by atoms with Gasteiger partial charge < -0.3 is 9.47 Å². The predicted octanol–water partition coefficient (Wildman–Crippen LogP) is 3.77. The zero-order valence-electron chi connectivity index (χ0n) is 14.7. The molecule has 1 fully saturated rings. The van der Waals surface area contributed by atoms with Crippen molar-refractivity contribution >= 4 is 22.9 Å². The van der Waals surface area contributed by atoms with Gasteiger partial charge in [0.1, 0.15) is 0 Å². The SMILES string of the molecule is CC(=O)c1cc(CN2CCCC(C(=O)c3ccc4c(c3)OCO4)C2)cs1. The highest BCUT2D eigenvalue weighted by Gasteiger charge is 2.28. The quantitative estimate of drug-likeness (QED) is 0.749. The first-order chi connectivity index (χ1) is 12.6. The molecule has 0 bridgehead atoms. The van der Waals surface area contributed by atoms with Crippen molar-refractivity contribution in [3.63, 3.8) is 0 Å². The molecule has 3 heterocycles. The summed E-state index contributed by atoms with van der Waals surface area (Å²) in [5, 5.41) is 2.04. The molecule has 136 valence electrons. The Labute approximate surface area is 156 Å². The number of carbonyl (C=O) groups excluding carboxylic acids is 2. The Morgan fingerprint density at radius 2 is 2.08 bits per heavy atom. The number of fused-ring (bicyclic) bond motifs is 1. The van der Waals surface area contributed by atoms with E-state index in [1.165, 1.54) is 11.3 Å². The Balaban J connectivity index is 1.42. The van der Waals surface area contributed by atoms with Crippen LogP contribution in [0.3, 0.4) is 0 Å². The molecule has 5 nitrogen and oxygen atoms in total. The molecule has 0 amide bonds. The molecule has 2 aromatic rings. The van der Waals surface area contributed by atoms with E-state index in [4.69, 9.17) is 9.47 Å². The molecular formula is C20H21NO4S. The monoisotopic (exact) mass is 371 g/mol. The summed E-state index contributed by atoms with van der Waals surface area (Å²) in [6.07, 6.45) is 1.91. The topological polar surface area (TPSA) is 55.8 Å². The number of nitrogens with zero attached hydrogens (tertiary/aromatic N) is 1. The second-order valence-electron chi connectivity index (χ2n) is 6.88. The first-order valence-electron chi connectivity index (χ1n) is 8.85. The minimum Gasteiger partial charge on any atom is -0.454 e. The molecule has 1 aromatic carbocycles. The number of Topliss-reactive ketones (excluding diaryl/α,β-unsaturated/α-hetero) is 2. The lowest BCUT2D eigenvalue weighted by molar-refractivity contribution is 0.0811. The second-order valence-corrected chi connectivity index (χ2v) is 7.79. The van der Waals surface area contributed by atoms with Crippen LogP contribution in [0.1, 0.15) is 45.4 Å². The summed E-state index contributed by atoms with van der Waals surface area (Å²) in [6.45, 7) is 4.33. The number of rotatable bonds is 5. The van der Waals surface area contributed by atoms with E-state index in [-0.39, 0.29) is 24.3 Å². The Morgan fingerprint density at radius 1 is 1.23 bits per heavy atom. The van der Waals surface area contributed by atoms with Gasteiger partial charge in [-0.05, 0) is 61.5 Å². The van der Waals surface area contributed by atoms with Crippen LogP contribution in [0.4, 0.5) is 0 Å². The number of thiophene rings is 1. The lowest BCUT2D eigenvalue weighted by Crippen LogP contribution is -2.38. The van der Waals surface area contributed by atoms with Gasteiger partial charge in [-0.1, -0.05) is 0 Å². The van der Waals surface area contributed by atoms with Crippen molar-refractivity contribution in [3.05, 3.63) is 45.6 Å². The van der Waals surface area contributed by atoms with E-state index >= 15 is 0 Å². The minimum absolute atomic E-state index is 0.00460. The summed E-state index contributed by atoms with van der Waals surface area (Å²) in [7, 11) is 0. The number of hydrogen-bond donors (Lipinski definition) is 0. The first-order valence-corrected chi connectivity index (χ1v) is 9.72. The van der Waals surface area contributed by atoms with Gasteiger partial charge in [-0.15, -0.1) is 11.3 Å². The van der Waals surface area contributed by atoms with Crippen LogP contribution in [0.15, 0.2) is 29.6 Å². The highest BCUT2D eigenvalue weighted by atomic mass is 32.1. The van der Waals surface area contributed by atoms with Crippen LogP contribution < -0.4 is 9.47 Å². The summed E-state index contributed by atoms with van der Waals surface area (Å²) in [5.41, 5.74) is 1.84. The summed E-state index contributed by atoms with van der Waals surface area (Å²) < 4.78 is 10.7. The Bertz CT molecular complexity index is 844. The van der Waals surface area contributed by atoms with Crippen LogP contribution in [0.2, 0.25) is 0 Å².